The van der Waals surface area contributed by atoms with Gasteiger partial charge in [-0.2, -0.15) is 22.7 Å². The molecule has 1 saturated heterocycles. The van der Waals surface area contributed by atoms with E-state index in [0.29, 0.717) is 31.9 Å². The zero-order valence-corrected chi connectivity index (χ0v) is 11.2. The number of nitrogens with one attached hydrogen (secondary N) is 1. The molecular formula is C12H15N3O3S. The summed E-state index contributed by atoms with van der Waals surface area (Å²) < 4.78 is 33.0. The fourth-order valence-electron chi connectivity index (χ4n) is 1.80. The monoisotopic (exact) mass is 281 g/mol. The Morgan fingerprint density at radius 1 is 1.37 bits per heavy atom. The summed E-state index contributed by atoms with van der Waals surface area (Å²) in [7, 11) is -3.48. The molecule has 102 valence electrons. The second-order valence-corrected chi connectivity index (χ2v) is 5.90. The van der Waals surface area contributed by atoms with E-state index in [-0.39, 0.29) is 6.54 Å². The van der Waals surface area contributed by atoms with Crippen LogP contribution < -0.4 is 4.72 Å². The topological polar surface area (TPSA) is 82.4 Å². The smallest absolute Gasteiger partial charge is 0.279 e. The standard InChI is InChI=1S/C12H15N3O3S/c13-9-11-2-1-3-12(8-11)10-14-19(16,17)15-4-6-18-7-5-15/h1-3,8,14H,4-7,10H2. The molecule has 1 aromatic rings. The SMILES string of the molecule is N#Cc1cccc(CNS(=O)(=O)N2CCOCC2)c1. The number of morpholine rings is 1. The van der Waals surface area contributed by atoms with Gasteiger partial charge in [-0.25, -0.2) is 0 Å². The summed E-state index contributed by atoms with van der Waals surface area (Å²) in [6.07, 6.45) is 0. The molecule has 1 fully saturated rings. The Balaban J connectivity index is 1.99. The third-order valence-electron chi connectivity index (χ3n) is 2.82. The van der Waals surface area contributed by atoms with Crippen LogP contribution in [-0.2, 0) is 21.5 Å². The van der Waals surface area contributed by atoms with Gasteiger partial charge in [0.15, 0.2) is 0 Å². The molecule has 0 radical (unpaired) electrons. The maximum absolute atomic E-state index is 12.0. The zero-order chi connectivity index (χ0) is 13.7. The Bertz CT molecular complexity index is 574. The van der Waals surface area contributed by atoms with Crippen molar-refractivity contribution in [3.63, 3.8) is 0 Å². The van der Waals surface area contributed by atoms with Gasteiger partial charge in [0.05, 0.1) is 24.8 Å². The van der Waals surface area contributed by atoms with Gasteiger partial charge in [-0.3, -0.25) is 0 Å². The number of hydrogen-bond donors (Lipinski definition) is 1. The van der Waals surface area contributed by atoms with E-state index in [9.17, 15) is 8.42 Å². The van der Waals surface area contributed by atoms with Gasteiger partial charge in [-0.05, 0) is 17.7 Å². The first-order chi connectivity index (χ1) is 9.12. The molecule has 0 amide bonds. The molecule has 1 aliphatic heterocycles. The maximum atomic E-state index is 12.0. The van der Waals surface area contributed by atoms with E-state index in [2.05, 4.69) is 4.72 Å². The van der Waals surface area contributed by atoms with E-state index in [1.54, 1.807) is 24.3 Å². The van der Waals surface area contributed by atoms with E-state index in [0.717, 1.165) is 5.56 Å². The summed E-state index contributed by atoms with van der Waals surface area (Å²) in [4.78, 5) is 0. The Hall–Kier alpha value is -1.46. The van der Waals surface area contributed by atoms with Crippen LogP contribution in [0.4, 0.5) is 0 Å². The Morgan fingerprint density at radius 3 is 2.79 bits per heavy atom. The van der Waals surface area contributed by atoms with E-state index in [4.69, 9.17) is 10.00 Å². The van der Waals surface area contributed by atoms with E-state index < -0.39 is 10.2 Å². The molecule has 1 heterocycles. The lowest BCUT2D eigenvalue weighted by Gasteiger charge is -2.26. The molecule has 0 bridgehead atoms. The highest BCUT2D eigenvalue weighted by atomic mass is 32.2. The lowest BCUT2D eigenvalue weighted by atomic mass is 10.1. The zero-order valence-electron chi connectivity index (χ0n) is 10.4. The molecule has 19 heavy (non-hydrogen) atoms. The van der Waals surface area contributed by atoms with Gasteiger partial charge in [-0.15, -0.1) is 0 Å². The minimum atomic E-state index is -3.48. The molecule has 1 aromatic carbocycles. The molecule has 1 N–H and O–H groups in total. The summed E-state index contributed by atoms with van der Waals surface area (Å²) >= 11 is 0. The lowest BCUT2D eigenvalue weighted by Crippen LogP contribution is -2.46. The minimum Gasteiger partial charge on any atom is -0.379 e. The van der Waals surface area contributed by atoms with Crippen molar-refractivity contribution in [3.05, 3.63) is 35.4 Å². The molecule has 7 heteroatoms. The van der Waals surface area contributed by atoms with Crippen LogP contribution in [0.15, 0.2) is 24.3 Å². The molecular weight excluding hydrogens is 266 g/mol. The van der Waals surface area contributed by atoms with Crippen molar-refractivity contribution in [3.8, 4) is 6.07 Å². The van der Waals surface area contributed by atoms with Crippen molar-refractivity contribution in [2.75, 3.05) is 26.3 Å². The van der Waals surface area contributed by atoms with Crippen LogP contribution in [0.5, 0.6) is 0 Å². The van der Waals surface area contributed by atoms with Crippen LogP contribution in [0.1, 0.15) is 11.1 Å². The molecule has 0 unspecified atom stereocenters. The fourth-order valence-corrected chi connectivity index (χ4v) is 2.97. The van der Waals surface area contributed by atoms with Crippen molar-refractivity contribution in [2.45, 2.75) is 6.54 Å². The number of benzene rings is 1. The van der Waals surface area contributed by atoms with Gasteiger partial charge < -0.3 is 4.74 Å². The number of nitrogens with zero attached hydrogens (tertiary/aromatic N) is 2. The van der Waals surface area contributed by atoms with Gasteiger partial charge in [0.2, 0.25) is 0 Å². The molecule has 0 aliphatic carbocycles. The van der Waals surface area contributed by atoms with Gasteiger partial charge in [-0.1, -0.05) is 12.1 Å². The summed E-state index contributed by atoms with van der Waals surface area (Å²) in [6.45, 7) is 1.76. The number of hydrogen-bond acceptors (Lipinski definition) is 4. The maximum Gasteiger partial charge on any atom is 0.279 e. The molecule has 0 aromatic heterocycles. The summed E-state index contributed by atoms with van der Waals surface area (Å²) in [5, 5.41) is 8.78. The predicted molar refractivity (Wildman–Crippen MR) is 69.3 cm³/mol. The summed E-state index contributed by atoms with van der Waals surface area (Å²) in [6, 6.07) is 8.89. The van der Waals surface area contributed by atoms with Crippen molar-refractivity contribution in [1.29, 1.82) is 5.26 Å². The molecule has 0 spiro atoms. The van der Waals surface area contributed by atoms with Crippen LogP contribution in [0, 0.1) is 11.3 Å². The molecule has 2 rings (SSSR count). The van der Waals surface area contributed by atoms with E-state index >= 15 is 0 Å². The largest absolute Gasteiger partial charge is 0.379 e. The van der Waals surface area contributed by atoms with Crippen LogP contribution in [0.2, 0.25) is 0 Å². The minimum absolute atomic E-state index is 0.176. The lowest BCUT2D eigenvalue weighted by molar-refractivity contribution is 0.0725. The Morgan fingerprint density at radius 2 is 2.11 bits per heavy atom. The highest BCUT2D eigenvalue weighted by Crippen LogP contribution is 2.07. The molecule has 6 nitrogen and oxygen atoms in total. The third-order valence-corrected chi connectivity index (χ3v) is 4.38. The van der Waals surface area contributed by atoms with Crippen molar-refractivity contribution in [1.82, 2.24) is 9.03 Å². The van der Waals surface area contributed by atoms with Crippen LogP contribution >= 0.6 is 0 Å². The number of nitriles is 1. The number of ether oxygens (including phenoxy) is 1. The van der Waals surface area contributed by atoms with Crippen LogP contribution in [0.25, 0.3) is 0 Å². The molecule has 0 saturated carbocycles. The molecule has 0 atom stereocenters. The van der Waals surface area contributed by atoms with Gasteiger partial charge >= 0.3 is 0 Å². The van der Waals surface area contributed by atoms with E-state index in [1.807, 2.05) is 6.07 Å². The van der Waals surface area contributed by atoms with Crippen LogP contribution in [-0.4, -0.2) is 39.0 Å². The highest BCUT2D eigenvalue weighted by molar-refractivity contribution is 7.87. The van der Waals surface area contributed by atoms with Gasteiger partial charge in [0, 0.05) is 19.6 Å². The third kappa shape index (κ3) is 3.75. The second kappa shape index (κ2) is 6.12. The normalized spacial score (nSPS) is 17.0. The van der Waals surface area contributed by atoms with E-state index in [1.165, 1.54) is 4.31 Å². The Labute approximate surface area is 112 Å². The quantitative estimate of drug-likeness (QED) is 0.856. The first-order valence-electron chi connectivity index (χ1n) is 5.93. The van der Waals surface area contributed by atoms with Crippen LogP contribution in [0.3, 0.4) is 0 Å². The first-order valence-corrected chi connectivity index (χ1v) is 7.37. The number of rotatable bonds is 4. The summed E-state index contributed by atoms with van der Waals surface area (Å²) in [5.74, 6) is 0. The predicted octanol–water partition coefficient (Wildman–Crippen LogP) is 0.225. The second-order valence-electron chi connectivity index (χ2n) is 4.15. The average Bonchev–Trinajstić information content (AvgIpc) is 2.46. The van der Waals surface area contributed by atoms with Crippen molar-refractivity contribution >= 4 is 10.2 Å². The van der Waals surface area contributed by atoms with Gasteiger partial charge in [0.1, 0.15) is 0 Å². The first kappa shape index (κ1) is 14.0. The average molecular weight is 281 g/mol. The fraction of sp³-hybridized carbons (Fsp3) is 0.417. The van der Waals surface area contributed by atoms with Gasteiger partial charge in [0.25, 0.3) is 10.2 Å². The Kier molecular flexibility index (Phi) is 4.50. The molecule has 1 aliphatic rings. The highest BCUT2D eigenvalue weighted by Gasteiger charge is 2.23. The van der Waals surface area contributed by atoms with Crippen molar-refractivity contribution in [2.24, 2.45) is 0 Å². The summed E-state index contributed by atoms with van der Waals surface area (Å²) in [5.41, 5.74) is 1.28. The van der Waals surface area contributed by atoms with Crippen molar-refractivity contribution < 1.29 is 13.2 Å².